The van der Waals surface area contributed by atoms with Gasteiger partial charge < -0.3 is 15.4 Å². The second-order valence-corrected chi connectivity index (χ2v) is 5.13. The predicted molar refractivity (Wildman–Crippen MR) is 75.3 cm³/mol. The molecule has 110 valence electrons. The number of benzene rings is 1. The van der Waals surface area contributed by atoms with Gasteiger partial charge in [0.1, 0.15) is 11.9 Å². The molecule has 0 unspecified atom stereocenters. The third-order valence-electron chi connectivity index (χ3n) is 2.76. The summed E-state index contributed by atoms with van der Waals surface area (Å²) in [6.07, 6.45) is 2.98. The third kappa shape index (κ3) is 3.88. The van der Waals surface area contributed by atoms with Gasteiger partial charge in [0, 0.05) is 23.9 Å². The lowest BCUT2D eigenvalue weighted by atomic mass is 10.1. The quantitative estimate of drug-likeness (QED) is 0.761. The second-order valence-electron chi connectivity index (χ2n) is 4.27. The number of halogens is 2. The molecule has 1 atom stereocenters. The molecule has 0 radical (unpaired) electrons. The van der Waals surface area contributed by atoms with Crippen molar-refractivity contribution in [1.82, 2.24) is 15.3 Å². The highest BCUT2D eigenvalue weighted by atomic mass is 79.9. The molecule has 2 aromatic rings. The Labute approximate surface area is 127 Å². The van der Waals surface area contributed by atoms with Crippen LogP contribution in [0.25, 0.3) is 0 Å². The molecular formula is C13H11BrFN3O3. The van der Waals surface area contributed by atoms with Crippen LogP contribution in [0.15, 0.2) is 35.2 Å². The van der Waals surface area contributed by atoms with Crippen molar-refractivity contribution in [2.45, 2.75) is 12.5 Å². The van der Waals surface area contributed by atoms with Crippen LogP contribution in [0.5, 0.6) is 0 Å². The van der Waals surface area contributed by atoms with Gasteiger partial charge in [-0.05, 0) is 34.1 Å². The van der Waals surface area contributed by atoms with Crippen LogP contribution in [0, 0.1) is 5.82 Å². The molecule has 21 heavy (non-hydrogen) atoms. The Kier molecular flexibility index (Phi) is 4.69. The van der Waals surface area contributed by atoms with Crippen LogP contribution in [0.3, 0.4) is 0 Å². The van der Waals surface area contributed by atoms with Crippen molar-refractivity contribution in [3.63, 3.8) is 0 Å². The molecule has 0 bridgehead atoms. The van der Waals surface area contributed by atoms with Gasteiger partial charge >= 0.3 is 5.97 Å². The summed E-state index contributed by atoms with van der Waals surface area (Å²) in [5, 5.41) is 11.5. The average Bonchev–Trinajstić information content (AvgIpc) is 2.93. The van der Waals surface area contributed by atoms with E-state index in [1.165, 1.54) is 24.7 Å². The molecule has 0 fully saturated rings. The maximum absolute atomic E-state index is 13.1. The number of carbonyl (C=O) groups excluding carboxylic acids is 1. The molecule has 1 aromatic carbocycles. The van der Waals surface area contributed by atoms with Crippen LogP contribution in [-0.2, 0) is 11.2 Å². The molecular weight excluding hydrogens is 345 g/mol. The minimum absolute atomic E-state index is 0.0729. The summed E-state index contributed by atoms with van der Waals surface area (Å²) in [6.45, 7) is 0. The number of amides is 1. The number of carbonyl (C=O) groups is 2. The molecule has 0 aliphatic heterocycles. The standard InChI is InChI=1S/C13H11BrFN3O3/c14-9-3-7(1-2-10(9)15)12(19)18-11(13(20)21)4-8-5-16-6-17-8/h1-3,5-6,11H,4H2,(H,16,17)(H,18,19)(H,20,21)/t11-/m0/s1. The van der Waals surface area contributed by atoms with Crippen LogP contribution in [-0.4, -0.2) is 33.0 Å². The van der Waals surface area contributed by atoms with Gasteiger partial charge in [-0.1, -0.05) is 0 Å². The summed E-state index contributed by atoms with van der Waals surface area (Å²) in [5.74, 6) is -2.26. The van der Waals surface area contributed by atoms with Crippen LogP contribution in [0.4, 0.5) is 4.39 Å². The van der Waals surface area contributed by atoms with Gasteiger partial charge in [0.15, 0.2) is 0 Å². The van der Waals surface area contributed by atoms with Crippen LogP contribution in [0.2, 0.25) is 0 Å². The third-order valence-corrected chi connectivity index (χ3v) is 3.37. The maximum Gasteiger partial charge on any atom is 0.326 e. The summed E-state index contributed by atoms with van der Waals surface area (Å²) in [5.41, 5.74) is 0.752. The van der Waals surface area contributed by atoms with E-state index in [0.29, 0.717) is 5.69 Å². The van der Waals surface area contributed by atoms with E-state index in [4.69, 9.17) is 5.11 Å². The minimum atomic E-state index is -1.17. The van der Waals surface area contributed by atoms with E-state index < -0.39 is 23.7 Å². The van der Waals surface area contributed by atoms with Crippen molar-refractivity contribution in [3.05, 3.63) is 52.3 Å². The normalized spacial score (nSPS) is 11.9. The lowest BCUT2D eigenvalue weighted by Gasteiger charge is -2.13. The topological polar surface area (TPSA) is 95.1 Å². The highest BCUT2D eigenvalue weighted by Gasteiger charge is 2.22. The highest BCUT2D eigenvalue weighted by Crippen LogP contribution is 2.17. The SMILES string of the molecule is O=C(N[C@@H](Cc1cnc[nH]1)C(=O)O)c1ccc(F)c(Br)c1. The first-order chi connectivity index (χ1) is 9.97. The van der Waals surface area contributed by atoms with Gasteiger partial charge in [-0.3, -0.25) is 4.79 Å². The number of carboxylic acids is 1. The zero-order valence-corrected chi connectivity index (χ0v) is 12.2. The Balaban J connectivity index is 2.10. The molecule has 2 rings (SSSR count). The Morgan fingerprint density at radius 1 is 1.48 bits per heavy atom. The highest BCUT2D eigenvalue weighted by molar-refractivity contribution is 9.10. The summed E-state index contributed by atoms with van der Waals surface area (Å²) in [4.78, 5) is 29.8. The molecule has 0 aliphatic rings. The molecule has 0 saturated carbocycles. The summed E-state index contributed by atoms with van der Waals surface area (Å²) < 4.78 is 13.3. The number of rotatable bonds is 5. The number of imidazole rings is 1. The molecule has 0 saturated heterocycles. The van der Waals surface area contributed by atoms with Gasteiger partial charge in [0.2, 0.25) is 0 Å². The largest absolute Gasteiger partial charge is 0.480 e. The first-order valence-corrected chi connectivity index (χ1v) is 6.72. The van der Waals surface area contributed by atoms with E-state index in [1.807, 2.05) is 0 Å². The van der Waals surface area contributed by atoms with Crippen molar-refractivity contribution < 1.29 is 19.1 Å². The second kappa shape index (κ2) is 6.49. The smallest absolute Gasteiger partial charge is 0.326 e. The number of nitrogens with zero attached hydrogens (tertiary/aromatic N) is 1. The fraction of sp³-hybridized carbons (Fsp3) is 0.154. The molecule has 1 heterocycles. The van der Waals surface area contributed by atoms with E-state index >= 15 is 0 Å². The van der Waals surface area contributed by atoms with E-state index in [1.54, 1.807) is 0 Å². The Hall–Kier alpha value is -2.22. The Morgan fingerprint density at radius 2 is 2.24 bits per heavy atom. The number of nitrogens with one attached hydrogen (secondary N) is 2. The molecule has 1 aromatic heterocycles. The number of aliphatic carboxylic acids is 1. The maximum atomic E-state index is 13.1. The van der Waals surface area contributed by atoms with Crippen molar-refractivity contribution >= 4 is 27.8 Å². The summed E-state index contributed by atoms with van der Waals surface area (Å²) in [7, 11) is 0. The van der Waals surface area contributed by atoms with Gasteiger partial charge in [0.25, 0.3) is 5.91 Å². The number of hydrogen-bond acceptors (Lipinski definition) is 3. The zero-order valence-electron chi connectivity index (χ0n) is 10.6. The molecule has 1 amide bonds. The molecule has 6 nitrogen and oxygen atoms in total. The molecule has 0 spiro atoms. The van der Waals surface area contributed by atoms with Crippen molar-refractivity contribution in [2.24, 2.45) is 0 Å². The van der Waals surface area contributed by atoms with Gasteiger partial charge in [-0.2, -0.15) is 0 Å². The first-order valence-electron chi connectivity index (χ1n) is 5.93. The van der Waals surface area contributed by atoms with Crippen molar-refractivity contribution in [2.75, 3.05) is 0 Å². The van der Waals surface area contributed by atoms with Gasteiger partial charge in [-0.25, -0.2) is 14.2 Å². The van der Waals surface area contributed by atoms with E-state index in [2.05, 4.69) is 31.2 Å². The lowest BCUT2D eigenvalue weighted by molar-refractivity contribution is -0.139. The number of aromatic amines is 1. The minimum Gasteiger partial charge on any atom is -0.480 e. The van der Waals surface area contributed by atoms with Crippen LogP contribution in [0.1, 0.15) is 16.1 Å². The lowest BCUT2D eigenvalue weighted by Crippen LogP contribution is -2.42. The van der Waals surface area contributed by atoms with Gasteiger partial charge in [-0.15, -0.1) is 0 Å². The van der Waals surface area contributed by atoms with E-state index in [9.17, 15) is 14.0 Å². The first kappa shape index (κ1) is 15.2. The fourth-order valence-electron chi connectivity index (χ4n) is 1.70. The van der Waals surface area contributed by atoms with E-state index in [-0.39, 0.29) is 16.5 Å². The zero-order chi connectivity index (χ0) is 15.4. The van der Waals surface area contributed by atoms with Crippen molar-refractivity contribution in [1.29, 1.82) is 0 Å². The number of aromatic nitrogens is 2. The van der Waals surface area contributed by atoms with Crippen molar-refractivity contribution in [3.8, 4) is 0 Å². The summed E-state index contributed by atoms with van der Waals surface area (Å²) >= 11 is 2.97. The Morgan fingerprint density at radius 3 is 2.81 bits per heavy atom. The van der Waals surface area contributed by atoms with Crippen LogP contribution >= 0.6 is 15.9 Å². The number of H-pyrrole nitrogens is 1. The molecule has 3 N–H and O–H groups in total. The summed E-state index contributed by atoms with van der Waals surface area (Å²) in [6, 6.07) is 2.59. The molecule has 0 aliphatic carbocycles. The fourth-order valence-corrected chi connectivity index (χ4v) is 2.07. The average molecular weight is 356 g/mol. The predicted octanol–water partition coefficient (Wildman–Crippen LogP) is 1.74. The molecule has 8 heteroatoms. The number of hydrogen-bond donors (Lipinski definition) is 3. The van der Waals surface area contributed by atoms with E-state index in [0.717, 1.165) is 6.07 Å². The monoisotopic (exact) mass is 355 g/mol. The number of carboxylic acid groups (broad SMARTS) is 1. The van der Waals surface area contributed by atoms with Gasteiger partial charge in [0.05, 0.1) is 10.8 Å². The van der Waals surface area contributed by atoms with Crippen LogP contribution < -0.4 is 5.32 Å². The Bertz CT molecular complexity index is 661.